The summed E-state index contributed by atoms with van der Waals surface area (Å²) in [7, 11) is 0. The maximum atomic E-state index is 12.6. The lowest BCUT2D eigenvalue weighted by Crippen LogP contribution is -2.49. The van der Waals surface area contributed by atoms with E-state index in [2.05, 4.69) is 15.9 Å². The van der Waals surface area contributed by atoms with Crippen LogP contribution in [-0.2, 0) is 15.0 Å². The van der Waals surface area contributed by atoms with Crippen molar-refractivity contribution < 1.29 is 9.59 Å². The molecule has 1 aliphatic carbocycles. The molecular formula is C16H18BrNO2. The van der Waals surface area contributed by atoms with E-state index >= 15 is 0 Å². The molecule has 0 N–H and O–H groups in total. The number of halogens is 1. The summed E-state index contributed by atoms with van der Waals surface area (Å²) < 4.78 is 1.00. The van der Waals surface area contributed by atoms with Gasteiger partial charge in [-0.15, -0.1) is 0 Å². The maximum Gasteiger partial charge on any atom is 0.234 e. The van der Waals surface area contributed by atoms with E-state index in [1.807, 2.05) is 52.0 Å². The van der Waals surface area contributed by atoms with E-state index < -0.39 is 5.54 Å². The van der Waals surface area contributed by atoms with Gasteiger partial charge in [-0.1, -0.05) is 35.0 Å². The largest absolute Gasteiger partial charge is 0.277 e. The molecule has 20 heavy (non-hydrogen) atoms. The normalized spacial score (nSPS) is 32.5. The molecule has 2 amide bonds. The second-order valence-corrected chi connectivity index (χ2v) is 7.84. The van der Waals surface area contributed by atoms with Crippen LogP contribution in [0.4, 0.5) is 0 Å². The molecule has 0 bridgehead atoms. The molecule has 0 radical (unpaired) electrons. The molecule has 0 spiro atoms. The number of benzene rings is 1. The Hall–Kier alpha value is -1.16. The average Bonchev–Trinajstić information content (AvgIpc) is 2.85. The fraction of sp³-hybridized carbons (Fsp3) is 0.500. The van der Waals surface area contributed by atoms with Gasteiger partial charge in [-0.05, 0) is 38.5 Å². The summed E-state index contributed by atoms with van der Waals surface area (Å²) in [6.07, 6.45) is 0. The summed E-state index contributed by atoms with van der Waals surface area (Å²) in [5.74, 6) is -0.401. The molecule has 3 rings (SSSR count). The molecule has 1 unspecified atom stereocenters. The van der Waals surface area contributed by atoms with Crippen molar-refractivity contribution in [1.82, 2.24) is 4.90 Å². The van der Waals surface area contributed by atoms with Crippen molar-refractivity contribution in [2.24, 2.45) is 11.8 Å². The Kier molecular flexibility index (Phi) is 2.72. The number of imide groups is 1. The van der Waals surface area contributed by atoms with E-state index in [0.717, 1.165) is 10.0 Å². The van der Waals surface area contributed by atoms with Crippen LogP contribution in [0.3, 0.4) is 0 Å². The predicted octanol–water partition coefficient (Wildman–Crippen LogP) is 3.12. The summed E-state index contributed by atoms with van der Waals surface area (Å²) in [6.45, 7) is 7.75. The van der Waals surface area contributed by atoms with Gasteiger partial charge in [-0.3, -0.25) is 14.5 Å². The third-order valence-corrected chi connectivity index (χ3v) is 5.15. The summed E-state index contributed by atoms with van der Waals surface area (Å²) >= 11 is 3.41. The topological polar surface area (TPSA) is 37.4 Å². The first-order valence-electron chi connectivity index (χ1n) is 6.83. The minimum absolute atomic E-state index is 0.0158. The Morgan fingerprint density at radius 1 is 1.05 bits per heavy atom. The van der Waals surface area contributed by atoms with Crippen LogP contribution in [0.15, 0.2) is 28.7 Å². The SMILES string of the molecule is CC1(c2ccc(Br)cc2)[C@@H]2C(=O)N(C(C)(C)C)C(=O)[C@@H]21. The first-order valence-corrected chi connectivity index (χ1v) is 7.62. The van der Waals surface area contributed by atoms with Crippen molar-refractivity contribution >= 4 is 27.7 Å². The average molecular weight is 336 g/mol. The van der Waals surface area contributed by atoms with Gasteiger partial charge in [-0.25, -0.2) is 0 Å². The van der Waals surface area contributed by atoms with Crippen LogP contribution in [0, 0.1) is 11.8 Å². The monoisotopic (exact) mass is 335 g/mol. The Morgan fingerprint density at radius 2 is 1.50 bits per heavy atom. The number of fused-ring (bicyclic) bond motifs is 1. The zero-order valence-corrected chi connectivity index (χ0v) is 13.7. The molecule has 1 saturated heterocycles. The quantitative estimate of drug-likeness (QED) is 0.739. The standard InChI is InChI=1S/C16H18BrNO2/c1-15(2,3)18-13(19)11-12(14(18)20)16(11,4)9-5-7-10(17)8-6-9/h5-8,11-12H,1-4H3/t11-,12+,16?. The van der Waals surface area contributed by atoms with Gasteiger partial charge in [0.15, 0.2) is 0 Å². The van der Waals surface area contributed by atoms with Crippen LogP contribution in [0.5, 0.6) is 0 Å². The molecule has 1 saturated carbocycles. The molecular weight excluding hydrogens is 318 g/mol. The van der Waals surface area contributed by atoms with Crippen LogP contribution in [-0.4, -0.2) is 22.3 Å². The smallest absolute Gasteiger partial charge is 0.234 e. The summed E-state index contributed by atoms with van der Waals surface area (Å²) in [6, 6.07) is 7.94. The molecule has 0 aromatic heterocycles. The number of amides is 2. The number of nitrogens with zero attached hydrogens (tertiary/aromatic N) is 1. The fourth-order valence-electron chi connectivity index (χ4n) is 3.53. The highest BCUT2D eigenvalue weighted by Gasteiger charge is 2.76. The highest BCUT2D eigenvalue weighted by molar-refractivity contribution is 9.10. The number of hydrogen-bond acceptors (Lipinski definition) is 2. The predicted molar refractivity (Wildman–Crippen MR) is 80.1 cm³/mol. The molecule has 2 fully saturated rings. The zero-order valence-electron chi connectivity index (χ0n) is 12.1. The van der Waals surface area contributed by atoms with Crippen molar-refractivity contribution in [3.05, 3.63) is 34.3 Å². The molecule has 1 aromatic carbocycles. The Labute approximate surface area is 127 Å². The molecule has 3 atom stereocenters. The third kappa shape index (κ3) is 1.63. The Balaban J connectivity index is 1.95. The molecule has 3 nitrogen and oxygen atoms in total. The Morgan fingerprint density at radius 3 is 1.90 bits per heavy atom. The van der Waals surface area contributed by atoms with Crippen LogP contribution in [0.2, 0.25) is 0 Å². The van der Waals surface area contributed by atoms with E-state index in [1.165, 1.54) is 4.90 Å². The first-order chi connectivity index (χ1) is 9.19. The van der Waals surface area contributed by atoms with E-state index in [1.54, 1.807) is 0 Å². The van der Waals surface area contributed by atoms with Crippen LogP contribution >= 0.6 is 15.9 Å². The minimum Gasteiger partial charge on any atom is -0.277 e. The zero-order chi connectivity index (χ0) is 14.9. The van der Waals surface area contributed by atoms with Gasteiger partial charge in [0.1, 0.15) is 0 Å². The van der Waals surface area contributed by atoms with Gasteiger partial charge in [0.25, 0.3) is 0 Å². The lowest BCUT2D eigenvalue weighted by Gasteiger charge is -2.33. The van der Waals surface area contributed by atoms with E-state index in [9.17, 15) is 9.59 Å². The first kappa shape index (κ1) is 13.8. The van der Waals surface area contributed by atoms with Crippen LogP contribution in [0.1, 0.15) is 33.3 Å². The summed E-state index contributed by atoms with van der Waals surface area (Å²) in [4.78, 5) is 26.6. The number of carbonyl (C=O) groups excluding carboxylic acids is 2. The van der Waals surface area contributed by atoms with Crippen molar-refractivity contribution in [2.45, 2.75) is 38.6 Å². The van der Waals surface area contributed by atoms with E-state index in [-0.39, 0.29) is 29.1 Å². The molecule has 1 aromatic rings. The van der Waals surface area contributed by atoms with E-state index in [4.69, 9.17) is 0 Å². The van der Waals surface area contributed by atoms with Gasteiger partial charge < -0.3 is 0 Å². The minimum atomic E-state index is -0.428. The Bertz CT molecular complexity index is 578. The summed E-state index contributed by atoms with van der Waals surface area (Å²) in [5.41, 5.74) is 0.324. The second kappa shape index (κ2) is 3.94. The maximum absolute atomic E-state index is 12.6. The van der Waals surface area contributed by atoms with Crippen LogP contribution in [0.25, 0.3) is 0 Å². The molecule has 106 valence electrons. The van der Waals surface area contributed by atoms with Crippen molar-refractivity contribution in [1.29, 1.82) is 0 Å². The van der Waals surface area contributed by atoms with Gasteiger partial charge in [-0.2, -0.15) is 0 Å². The van der Waals surface area contributed by atoms with E-state index in [0.29, 0.717) is 0 Å². The number of likely N-dealkylation sites (tertiary alicyclic amines) is 1. The number of carbonyl (C=O) groups is 2. The number of rotatable bonds is 1. The lowest BCUT2D eigenvalue weighted by molar-refractivity contribution is -0.147. The lowest BCUT2D eigenvalue weighted by atomic mass is 9.91. The van der Waals surface area contributed by atoms with Crippen molar-refractivity contribution in [3.8, 4) is 0 Å². The number of hydrogen-bond donors (Lipinski definition) is 0. The van der Waals surface area contributed by atoms with Gasteiger partial charge in [0.2, 0.25) is 11.8 Å². The molecule has 1 heterocycles. The van der Waals surface area contributed by atoms with Gasteiger partial charge >= 0.3 is 0 Å². The third-order valence-electron chi connectivity index (χ3n) is 4.63. The fourth-order valence-corrected chi connectivity index (χ4v) is 3.79. The second-order valence-electron chi connectivity index (χ2n) is 6.93. The number of piperidine rings is 1. The van der Waals surface area contributed by atoms with Gasteiger partial charge in [0.05, 0.1) is 11.8 Å². The van der Waals surface area contributed by atoms with Crippen molar-refractivity contribution in [2.75, 3.05) is 0 Å². The highest BCUT2D eigenvalue weighted by atomic mass is 79.9. The van der Waals surface area contributed by atoms with Crippen LogP contribution < -0.4 is 0 Å². The highest BCUT2D eigenvalue weighted by Crippen LogP contribution is 2.65. The molecule has 4 heteroatoms. The van der Waals surface area contributed by atoms with Gasteiger partial charge in [0, 0.05) is 15.4 Å². The van der Waals surface area contributed by atoms with Crippen molar-refractivity contribution in [3.63, 3.8) is 0 Å². The molecule has 1 aliphatic heterocycles. The summed E-state index contributed by atoms with van der Waals surface area (Å²) in [5, 5.41) is 0. The molecule has 2 aliphatic rings.